The Morgan fingerprint density at radius 2 is 1.94 bits per heavy atom. The molecule has 16 heavy (non-hydrogen) atoms. The molecule has 0 atom stereocenters. The molecule has 0 radical (unpaired) electrons. The minimum Gasteiger partial charge on any atom is -0.395 e. The Bertz CT molecular complexity index is 423. The van der Waals surface area contributed by atoms with E-state index in [0.29, 0.717) is 5.01 Å². The van der Waals surface area contributed by atoms with Gasteiger partial charge in [0.1, 0.15) is 0 Å². The van der Waals surface area contributed by atoms with Gasteiger partial charge in [-0.2, -0.15) is 4.31 Å². The molecule has 0 saturated carbocycles. The van der Waals surface area contributed by atoms with E-state index in [-0.39, 0.29) is 30.5 Å². The van der Waals surface area contributed by atoms with Crippen LogP contribution < -0.4 is 0 Å². The third-order valence-corrected chi connectivity index (χ3v) is 5.14. The van der Waals surface area contributed by atoms with Crippen LogP contribution in [-0.2, 0) is 10.0 Å². The number of thiazole rings is 1. The second-order valence-electron chi connectivity index (χ2n) is 3.05. The van der Waals surface area contributed by atoms with Crippen molar-refractivity contribution in [3.8, 4) is 0 Å². The van der Waals surface area contributed by atoms with Crippen molar-refractivity contribution in [3.05, 3.63) is 11.2 Å². The second kappa shape index (κ2) is 5.69. The lowest BCUT2D eigenvalue weighted by atomic mass is 10.6. The van der Waals surface area contributed by atoms with E-state index < -0.39 is 10.0 Å². The van der Waals surface area contributed by atoms with E-state index in [0.717, 1.165) is 15.6 Å². The molecular weight excluding hydrogens is 252 g/mol. The fraction of sp³-hybridized carbons (Fsp3) is 0.625. The number of aliphatic hydroxyl groups is 2. The standard InChI is InChI=1S/C8H14N2O4S2/c1-7-9-6-8(15-7)16(13,14)10(2-4-11)3-5-12/h6,11-12H,2-5H2,1H3. The Hall–Kier alpha value is -0.540. The van der Waals surface area contributed by atoms with Gasteiger partial charge in [-0.05, 0) is 6.92 Å². The molecule has 0 unspecified atom stereocenters. The van der Waals surface area contributed by atoms with Crippen LogP contribution in [0.4, 0.5) is 0 Å². The summed E-state index contributed by atoms with van der Waals surface area (Å²) < 4.78 is 25.2. The van der Waals surface area contributed by atoms with E-state index in [1.165, 1.54) is 6.20 Å². The minimum absolute atomic E-state index is 0.0279. The van der Waals surface area contributed by atoms with Gasteiger partial charge in [-0.3, -0.25) is 0 Å². The highest BCUT2D eigenvalue weighted by molar-refractivity contribution is 7.91. The van der Waals surface area contributed by atoms with Gasteiger partial charge in [-0.1, -0.05) is 0 Å². The summed E-state index contributed by atoms with van der Waals surface area (Å²) in [4.78, 5) is 3.87. The topological polar surface area (TPSA) is 90.7 Å². The quantitative estimate of drug-likeness (QED) is 0.719. The molecule has 0 aliphatic carbocycles. The Morgan fingerprint density at radius 1 is 1.38 bits per heavy atom. The Morgan fingerprint density at radius 3 is 2.31 bits per heavy atom. The summed E-state index contributed by atoms with van der Waals surface area (Å²) in [6, 6.07) is 0. The molecule has 1 rings (SSSR count). The smallest absolute Gasteiger partial charge is 0.254 e. The summed E-state index contributed by atoms with van der Waals surface area (Å²) in [5.41, 5.74) is 0. The molecular formula is C8H14N2O4S2. The van der Waals surface area contributed by atoms with Gasteiger partial charge in [0.2, 0.25) is 0 Å². The molecule has 92 valence electrons. The zero-order valence-electron chi connectivity index (χ0n) is 8.83. The van der Waals surface area contributed by atoms with Crippen molar-refractivity contribution in [2.45, 2.75) is 11.1 Å². The molecule has 6 nitrogen and oxygen atoms in total. The summed E-state index contributed by atoms with van der Waals surface area (Å²) in [6.45, 7) is 1.10. The Kier molecular flexibility index (Phi) is 4.81. The van der Waals surface area contributed by atoms with Crippen LogP contribution in [0.2, 0.25) is 0 Å². The van der Waals surface area contributed by atoms with Gasteiger partial charge in [-0.25, -0.2) is 13.4 Å². The molecule has 1 aromatic heterocycles. The van der Waals surface area contributed by atoms with Gasteiger partial charge in [-0.15, -0.1) is 11.3 Å². The third-order valence-electron chi connectivity index (χ3n) is 1.89. The first-order chi connectivity index (χ1) is 7.52. The Labute approximate surface area is 98.2 Å². The van der Waals surface area contributed by atoms with Gasteiger partial charge in [0, 0.05) is 13.1 Å². The molecule has 0 spiro atoms. The molecule has 1 heterocycles. The van der Waals surface area contributed by atoms with Crippen LogP contribution in [0.25, 0.3) is 0 Å². The molecule has 0 bridgehead atoms. The maximum atomic E-state index is 12.0. The van der Waals surface area contributed by atoms with E-state index in [9.17, 15) is 8.42 Å². The number of hydrogen-bond acceptors (Lipinski definition) is 6. The highest BCUT2D eigenvalue weighted by Gasteiger charge is 2.25. The van der Waals surface area contributed by atoms with E-state index in [4.69, 9.17) is 10.2 Å². The normalized spacial score (nSPS) is 12.2. The molecule has 0 aromatic carbocycles. The molecule has 0 saturated heterocycles. The molecule has 0 aliphatic heterocycles. The highest BCUT2D eigenvalue weighted by Crippen LogP contribution is 2.21. The summed E-state index contributed by atoms with van der Waals surface area (Å²) in [5.74, 6) is 0. The van der Waals surface area contributed by atoms with Crippen molar-refractivity contribution < 1.29 is 18.6 Å². The Balaban J connectivity index is 2.97. The average Bonchev–Trinajstić information content (AvgIpc) is 2.65. The van der Waals surface area contributed by atoms with Crippen molar-refractivity contribution in [3.63, 3.8) is 0 Å². The van der Waals surface area contributed by atoms with Crippen molar-refractivity contribution in [2.75, 3.05) is 26.3 Å². The second-order valence-corrected chi connectivity index (χ2v) is 6.45. The van der Waals surface area contributed by atoms with Crippen molar-refractivity contribution in [1.29, 1.82) is 0 Å². The van der Waals surface area contributed by atoms with E-state index in [1.54, 1.807) is 6.92 Å². The SMILES string of the molecule is Cc1ncc(S(=O)(=O)N(CCO)CCO)s1. The van der Waals surface area contributed by atoms with E-state index in [2.05, 4.69) is 4.98 Å². The van der Waals surface area contributed by atoms with Gasteiger partial charge in [0.25, 0.3) is 10.0 Å². The molecule has 2 N–H and O–H groups in total. The predicted molar refractivity (Wildman–Crippen MR) is 59.8 cm³/mol. The summed E-state index contributed by atoms with van der Waals surface area (Å²) in [7, 11) is -3.64. The zero-order chi connectivity index (χ0) is 12.2. The first-order valence-corrected chi connectivity index (χ1v) is 6.92. The number of nitrogens with zero attached hydrogens (tertiary/aromatic N) is 2. The van der Waals surface area contributed by atoms with Crippen LogP contribution in [0.15, 0.2) is 10.4 Å². The number of sulfonamides is 1. The van der Waals surface area contributed by atoms with Crippen molar-refractivity contribution in [2.24, 2.45) is 0 Å². The summed E-state index contributed by atoms with van der Waals surface area (Å²) >= 11 is 1.07. The predicted octanol–water partition coefficient (Wildman–Crippen LogP) is -0.573. The molecule has 0 aliphatic rings. The van der Waals surface area contributed by atoms with Crippen molar-refractivity contribution in [1.82, 2.24) is 9.29 Å². The largest absolute Gasteiger partial charge is 0.395 e. The number of aromatic nitrogens is 1. The summed E-state index contributed by atoms with van der Waals surface area (Å²) in [5, 5.41) is 18.2. The lowest BCUT2D eigenvalue weighted by molar-refractivity contribution is 0.217. The molecule has 0 fully saturated rings. The van der Waals surface area contributed by atoms with Crippen LogP contribution in [0.3, 0.4) is 0 Å². The fourth-order valence-electron chi connectivity index (χ4n) is 1.16. The van der Waals surface area contributed by atoms with Gasteiger partial charge >= 0.3 is 0 Å². The molecule has 8 heteroatoms. The maximum Gasteiger partial charge on any atom is 0.254 e. The van der Waals surface area contributed by atoms with E-state index in [1.807, 2.05) is 0 Å². The summed E-state index contributed by atoms with van der Waals surface area (Å²) in [6.07, 6.45) is 1.29. The first-order valence-electron chi connectivity index (χ1n) is 4.66. The van der Waals surface area contributed by atoms with Crippen LogP contribution in [0.5, 0.6) is 0 Å². The van der Waals surface area contributed by atoms with Crippen LogP contribution in [0, 0.1) is 6.92 Å². The average molecular weight is 266 g/mol. The van der Waals surface area contributed by atoms with Crippen molar-refractivity contribution >= 4 is 21.4 Å². The van der Waals surface area contributed by atoms with Crippen LogP contribution >= 0.6 is 11.3 Å². The molecule has 1 aromatic rings. The first kappa shape index (κ1) is 13.5. The van der Waals surface area contributed by atoms with Gasteiger partial charge < -0.3 is 10.2 Å². The molecule has 0 amide bonds. The zero-order valence-corrected chi connectivity index (χ0v) is 10.5. The minimum atomic E-state index is -3.64. The number of hydrogen-bond donors (Lipinski definition) is 2. The van der Waals surface area contributed by atoms with Gasteiger partial charge in [0.05, 0.1) is 24.4 Å². The van der Waals surface area contributed by atoms with Crippen LogP contribution in [-0.4, -0.2) is 54.2 Å². The maximum absolute atomic E-state index is 12.0. The number of aliphatic hydroxyl groups excluding tert-OH is 2. The highest BCUT2D eigenvalue weighted by atomic mass is 32.2. The van der Waals surface area contributed by atoms with E-state index >= 15 is 0 Å². The number of rotatable bonds is 6. The van der Waals surface area contributed by atoms with Gasteiger partial charge in [0.15, 0.2) is 4.21 Å². The number of aryl methyl sites for hydroxylation is 1. The van der Waals surface area contributed by atoms with Crippen LogP contribution in [0.1, 0.15) is 5.01 Å². The third kappa shape index (κ3) is 2.98. The lowest BCUT2D eigenvalue weighted by Crippen LogP contribution is -2.35. The monoisotopic (exact) mass is 266 g/mol. The lowest BCUT2D eigenvalue weighted by Gasteiger charge is -2.18. The fourth-order valence-corrected chi connectivity index (χ4v) is 3.85.